The molecular weight excluding hydrogens is 284 g/mol. The first-order chi connectivity index (χ1) is 10.7. The quantitative estimate of drug-likeness (QED) is 0.736. The Balaban J connectivity index is 1.80. The number of ether oxygens (including phenoxy) is 4. The molecule has 22 heavy (non-hydrogen) atoms. The fourth-order valence-corrected chi connectivity index (χ4v) is 1.80. The summed E-state index contributed by atoms with van der Waals surface area (Å²) in [6.45, 7) is 0.0225. The molecule has 0 atom stereocenters. The average molecular weight is 302 g/mol. The SMILES string of the molecule is COc1ccc(COC(=O)COc2ccccc2OC)cc1. The zero-order valence-corrected chi connectivity index (χ0v) is 12.6. The van der Waals surface area contributed by atoms with Crippen LogP contribution < -0.4 is 14.2 Å². The molecule has 0 saturated carbocycles. The molecule has 2 aromatic carbocycles. The second kappa shape index (κ2) is 7.93. The minimum absolute atomic E-state index is 0.170. The molecule has 116 valence electrons. The van der Waals surface area contributed by atoms with Crippen molar-refractivity contribution in [3.8, 4) is 17.2 Å². The predicted octanol–water partition coefficient (Wildman–Crippen LogP) is 2.83. The van der Waals surface area contributed by atoms with Gasteiger partial charge in [-0.05, 0) is 29.8 Å². The molecule has 0 aliphatic rings. The minimum Gasteiger partial charge on any atom is -0.497 e. The highest BCUT2D eigenvalue weighted by Crippen LogP contribution is 2.25. The maximum atomic E-state index is 11.7. The first-order valence-electron chi connectivity index (χ1n) is 6.77. The highest BCUT2D eigenvalue weighted by atomic mass is 16.6. The minimum atomic E-state index is -0.443. The Morgan fingerprint density at radius 2 is 1.59 bits per heavy atom. The van der Waals surface area contributed by atoms with Crippen LogP contribution in [0.15, 0.2) is 48.5 Å². The molecule has 0 aromatic heterocycles. The van der Waals surface area contributed by atoms with Crippen molar-refractivity contribution in [2.75, 3.05) is 20.8 Å². The van der Waals surface area contributed by atoms with E-state index in [0.717, 1.165) is 11.3 Å². The lowest BCUT2D eigenvalue weighted by Gasteiger charge is -2.10. The van der Waals surface area contributed by atoms with Crippen molar-refractivity contribution >= 4 is 5.97 Å². The number of carbonyl (C=O) groups excluding carboxylic acids is 1. The van der Waals surface area contributed by atoms with Gasteiger partial charge >= 0.3 is 5.97 Å². The Hall–Kier alpha value is -2.69. The summed E-state index contributed by atoms with van der Waals surface area (Å²) in [6.07, 6.45) is 0. The van der Waals surface area contributed by atoms with Gasteiger partial charge in [0.1, 0.15) is 12.4 Å². The van der Waals surface area contributed by atoms with E-state index in [4.69, 9.17) is 18.9 Å². The Kier molecular flexibility index (Phi) is 5.65. The van der Waals surface area contributed by atoms with E-state index in [9.17, 15) is 4.79 Å². The van der Waals surface area contributed by atoms with E-state index >= 15 is 0 Å². The summed E-state index contributed by atoms with van der Waals surface area (Å²) in [5.41, 5.74) is 0.881. The van der Waals surface area contributed by atoms with E-state index in [0.29, 0.717) is 11.5 Å². The summed E-state index contributed by atoms with van der Waals surface area (Å²) in [7, 11) is 3.15. The van der Waals surface area contributed by atoms with Crippen molar-refractivity contribution < 1.29 is 23.7 Å². The monoisotopic (exact) mass is 302 g/mol. The van der Waals surface area contributed by atoms with Crippen molar-refractivity contribution in [1.29, 1.82) is 0 Å². The third-order valence-corrected chi connectivity index (χ3v) is 2.97. The highest BCUT2D eigenvalue weighted by Gasteiger charge is 2.08. The molecule has 0 heterocycles. The second-order valence-electron chi connectivity index (χ2n) is 4.45. The van der Waals surface area contributed by atoms with Gasteiger partial charge < -0.3 is 18.9 Å². The van der Waals surface area contributed by atoms with E-state index < -0.39 is 5.97 Å². The molecule has 5 heteroatoms. The summed E-state index contributed by atoms with van der Waals surface area (Å²) in [4.78, 5) is 11.7. The van der Waals surface area contributed by atoms with Crippen LogP contribution in [0, 0.1) is 0 Å². The van der Waals surface area contributed by atoms with Crippen LogP contribution in [-0.2, 0) is 16.1 Å². The normalized spacial score (nSPS) is 9.91. The van der Waals surface area contributed by atoms with Crippen molar-refractivity contribution in [1.82, 2.24) is 0 Å². The predicted molar refractivity (Wildman–Crippen MR) is 81.3 cm³/mol. The van der Waals surface area contributed by atoms with Crippen molar-refractivity contribution in [2.45, 2.75) is 6.61 Å². The van der Waals surface area contributed by atoms with Crippen LogP contribution in [0.2, 0.25) is 0 Å². The number of esters is 1. The molecule has 0 fully saturated rings. The molecule has 2 rings (SSSR count). The maximum absolute atomic E-state index is 11.7. The molecule has 0 saturated heterocycles. The molecule has 0 N–H and O–H groups in total. The fourth-order valence-electron chi connectivity index (χ4n) is 1.80. The van der Waals surface area contributed by atoms with E-state index in [2.05, 4.69) is 0 Å². The summed E-state index contributed by atoms with van der Waals surface area (Å²) in [5, 5.41) is 0. The Morgan fingerprint density at radius 3 is 2.23 bits per heavy atom. The zero-order chi connectivity index (χ0) is 15.8. The fraction of sp³-hybridized carbons (Fsp3) is 0.235. The topological polar surface area (TPSA) is 54.0 Å². The highest BCUT2D eigenvalue weighted by molar-refractivity contribution is 5.71. The third-order valence-electron chi connectivity index (χ3n) is 2.97. The summed E-state index contributed by atoms with van der Waals surface area (Å²) < 4.78 is 20.8. The number of para-hydroxylation sites is 2. The molecule has 0 spiro atoms. The number of methoxy groups -OCH3 is 2. The van der Waals surface area contributed by atoms with Crippen LogP contribution in [0.25, 0.3) is 0 Å². The van der Waals surface area contributed by atoms with Gasteiger partial charge in [0.05, 0.1) is 14.2 Å². The summed E-state index contributed by atoms with van der Waals surface area (Å²) >= 11 is 0. The van der Waals surface area contributed by atoms with E-state index in [1.54, 1.807) is 32.4 Å². The van der Waals surface area contributed by atoms with Gasteiger partial charge in [0.15, 0.2) is 18.1 Å². The molecule has 5 nitrogen and oxygen atoms in total. The first-order valence-corrected chi connectivity index (χ1v) is 6.77. The Bertz CT molecular complexity index is 607. The molecule has 0 aliphatic heterocycles. The maximum Gasteiger partial charge on any atom is 0.344 e. The molecule has 0 aliphatic carbocycles. The van der Waals surface area contributed by atoms with Crippen molar-refractivity contribution in [2.24, 2.45) is 0 Å². The van der Waals surface area contributed by atoms with Crippen molar-refractivity contribution in [3.63, 3.8) is 0 Å². The Morgan fingerprint density at radius 1 is 0.909 bits per heavy atom. The molecular formula is C17H18O5. The van der Waals surface area contributed by atoms with Gasteiger partial charge in [0.2, 0.25) is 0 Å². The number of rotatable bonds is 7. The van der Waals surface area contributed by atoms with Crippen LogP contribution in [0.3, 0.4) is 0 Å². The lowest BCUT2D eigenvalue weighted by molar-refractivity contribution is -0.147. The second-order valence-corrected chi connectivity index (χ2v) is 4.45. The molecule has 0 radical (unpaired) electrons. The van der Waals surface area contributed by atoms with E-state index in [1.165, 1.54) is 0 Å². The van der Waals surface area contributed by atoms with Crippen LogP contribution in [0.1, 0.15) is 5.56 Å². The molecule has 2 aromatic rings. The van der Waals surface area contributed by atoms with Gasteiger partial charge in [-0.3, -0.25) is 0 Å². The van der Waals surface area contributed by atoms with Gasteiger partial charge in [0, 0.05) is 0 Å². The largest absolute Gasteiger partial charge is 0.497 e. The molecule has 0 bridgehead atoms. The van der Waals surface area contributed by atoms with Crippen LogP contribution in [0.4, 0.5) is 0 Å². The smallest absolute Gasteiger partial charge is 0.344 e. The molecule has 0 amide bonds. The number of benzene rings is 2. The van der Waals surface area contributed by atoms with Crippen LogP contribution in [0.5, 0.6) is 17.2 Å². The third kappa shape index (κ3) is 4.41. The number of hydrogen-bond donors (Lipinski definition) is 0. The standard InChI is InChI=1S/C17H18O5/c1-19-14-9-7-13(8-10-14)11-22-17(18)12-21-16-6-4-3-5-15(16)20-2/h3-10H,11-12H2,1-2H3. The summed E-state index contributed by atoms with van der Waals surface area (Å²) in [6, 6.07) is 14.4. The lowest BCUT2D eigenvalue weighted by atomic mass is 10.2. The average Bonchev–Trinajstić information content (AvgIpc) is 2.58. The number of carbonyl (C=O) groups is 1. The van der Waals surface area contributed by atoms with Crippen molar-refractivity contribution in [3.05, 3.63) is 54.1 Å². The van der Waals surface area contributed by atoms with Crippen LogP contribution in [-0.4, -0.2) is 26.8 Å². The first kappa shape index (κ1) is 15.7. The van der Waals surface area contributed by atoms with E-state index in [-0.39, 0.29) is 13.2 Å². The Labute approximate surface area is 129 Å². The zero-order valence-electron chi connectivity index (χ0n) is 12.6. The lowest BCUT2D eigenvalue weighted by Crippen LogP contribution is -2.15. The van der Waals surface area contributed by atoms with Gasteiger partial charge in [-0.15, -0.1) is 0 Å². The summed E-state index contributed by atoms with van der Waals surface area (Å²) in [5.74, 6) is 1.40. The van der Waals surface area contributed by atoms with E-state index in [1.807, 2.05) is 30.3 Å². The number of hydrogen-bond acceptors (Lipinski definition) is 5. The van der Waals surface area contributed by atoms with Gasteiger partial charge in [0.25, 0.3) is 0 Å². The van der Waals surface area contributed by atoms with Crippen LogP contribution >= 0.6 is 0 Å². The van der Waals surface area contributed by atoms with Gasteiger partial charge in [-0.2, -0.15) is 0 Å². The van der Waals surface area contributed by atoms with Gasteiger partial charge in [-0.25, -0.2) is 4.79 Å². The van der Waals surface area contributed by atoms with Gasteiger partial charge in [-0.1, -0.05) is 24.3 Å². The molecule has 0 unspecified atom stereocenters.